The van der Waals surface area contributed by atoms with Crippen LogP contribution in [0.2, 0.25) is 10.0 Å². The molecule has 7 nitrogen and oxygen atoms in total. The molecule has 1 amide bonds. The van der Waals surface area contributed by atoms with Gasteiger partial charge in [-0.2, -0.15) is 4.31 Å². The van der Waals surface area contributed by atoms with Crippen molar-refractivity contribution in [3.63, 3.8) is 0 Å². The molecule has 208 valence electrons. The fraction of sp³-hybridized carbons (Fsp3) is 0.138. The van der Waals surface area contributed by atoms with Gasteiger partial charge in [-0.05, 0) is 64.7 Å². The highest BCUT2D eigenvalue weighted by molar-refractivity contribution is 7.89. The van der Waals surface area contributed by atoms with Gasteiger partial charge in [0.1, 0.15) is 16.5 Å². The molecule has 4 rings (SSSR count). The summed E-state index contributed by atoms with van der Waals surface area (Å²) in [7, 11) is -4.46. The topological polar surface area (TPSA) is 107 Å². The van der Waals surface area contributed by atoms with E-state index in [2.05, 4.69) is 5.32 Å². The van der Waals surface area contributed by atoms with Crippen molar-refractivity contribution in [1.82, 2.24) is 9.62 Å². The number of aliphatic hydroxyl groups is 1. The highest BCUT2D eigenvalue weighted by Gasteiger charge is 2.31. The zero-order valence-corrected chi connectivity index (χ0v) is 23.3. The van der Waals surface area contributed by atoms with Gasteiger partial charge in [-0.1, -0.05) is 65.7 Å². The first-order valence-corrected chi connectivity index (χ1v) is 14.3. The standard InChI is InChI=1S/C29H25Cl2FN2O5S/c30-23-8-6-21(7-9-23)22-3-1-2-20(14-22)18-34(17-19-4-10-25(32)11-5-19)40(38,39)27-16-24(31)15-26(28(27)36)29(37)33-12-13-35/h1-11,14-16,35-36H,12-13,17-18H2,(H,33,37). The van der Waals surface area contributed by atoms with E-state index >= 15 is 0 Å². The van der Waals surface area contributed by atoms with Gasteiger partial charge >= 0.3 is 0 Å². The third kappa shape index (κ3) is 6.99. The average Bonchev–Trinajstić information content (AvgIpc) is 2.94. The minimum absolute atomic E-state index is 0.0861. The molecule has 3 N–H and O–H groups in total. The molecule has 0 aromatic heterocycles. The van der Waals surface area contributed by atoms with Crippen LogP contribution in [-0.4, -0.2) is 42.0 Å². The summed E-state index contributed by atoms with van der Waals surface area (Å²) < 4.78 is 42.7. The van der Waals surface area contributed by atoms with Crippen LogP contribution in [0, 0.1) is 5.82 Å². The predicted molar refractivity (Wildman–Crippen MR) is 152 cm³/mol. The number of carbonyl (C=O) groups excluding carboxylic acids is 1. The molecule has 4 aromatic rings. The van der Waals surface area contributed by atoms with E-state index in [4.69, 9.17) is 28.3 Å². The van der Waals surface area contributed by atoms with Gasteiger partial charge in [0.25, 0.3) is 5.91 Å². The van der Waals surface area contributed by atoms with E-state index in [9.17, 15) is 22.7 Å². The van der Waals surface area contributed by atoms with Crippen molar-refractivity contribution in [3.05, 3.63) is 117 Å². The van der Waals surface area contributed by atoms with Crippen molar-refractivity contribution in [1.29, 1.82) is 0 Å². The smallest absolute Gasteiger partial charge is 0.255 e. The maximum Gasteiger partial charge on any atom is 0.255 e. The molecule has 0 spiro atoms. The van der Waals surface area contributed by atoms with Crippen LogP contribution in [0.1, 0.15) is 21.5 Å². The molecule has 0 fully saturated rings. The average molecular weight is 603 g/mol. The molecule has 0 saturated heterocycles. The second-order valence-corrected chi connectivity index (χ2v) is 11.7. The van der Waals surface area contributed by atoms with E-state index in [1.165, 1.54) is 24.3 Å². The van der Waals surface area contributed by atoms with Gasteiger partial charge in [-0.15, -0.1) is 0 Å². The van der Waals surface area contributed by atoms with Crippen LogP contribution in [0.25, 0.3) is 11.1 Å². The number of aromatic hydroxyl groups is 1. The molecular formula is C29H25Cl2FN2O5S. The summed E-state index contributed by atoms with van der Waals surface area (Å²) in [5.74, 6) is -2.05. The number of amides is 1. The van der Waals surface area contributed by atoms with Gasteiger partial charge < -0.3 is 15.5 Å². The van der Waals surface area contributed by atoms with Crippen molar-refractivity contribution in [2.75, 3.05) is 13.2 Å². The second kappa shape index (κ2) is 12.8. The van der Waals surface area contributed by atoms with Crippen molar-refractivity contribution >= 4 is 39.1 Å². The molecule has 0 radical (unpaired) electrons. The number of phenolic OH excluding ortho intramolecular Hbond substituents is 1. The highest BCUT2D eigenvalue weighted by Crippen LogP contribution is 2.34. The number of nitrogens with zero attached hydrogens (tertiary/aromatic N) is 1. The Balaban J connectivity index is 1.76. The minimum Gasteiger partial charge on any atom is -0.506 e. The molecule has 0 aliphatic rings. The lowest BCUT2D eigenvalue weighted by molar-refractivity contribution is 0.0941. The Hall–Kier alpha value is -3.47. The van der Waals surface area contributed by atoms with E-state index < -0.39 is 32.4 Å². The number of hydrogen-bond donors (Lipinski definition) is 3. The van der Waals surface area contributed by atoms with E-state index in [1.54, 1.807) is 24.3 Å². The number of carbonyl (C=O) groups is 1. The van der Waals surface area contributed by atoms with Crippen molar-refractivity contribution in [2.24, 2.45) is 0 Å². The largest absolute Gasteiger partial charge is 0.506 e. The number of phenols is 1. The molecule has 0 atom stereocenters. The maximum absolute atomic E-state index is 14.0. The second-order valence-electron chi connectivity index (χ2n) is 8.89. The first-order chi connectivity index (χ1) is 19.1. The van der Waals surface area contributed by atoms with Crippen LogP contribution in [0.5, 0.6) is 5.75 Å². The lowest BCUT2D eigenvalue weighted by atomic mass is 10.0. The maximum atomic E-state index is 14.0. The van der Waals surface area contributed by atoms with Crippen molar-refractivity contribution in [2.45, 2.75) is 18.0 Å². The molecule has 0 unspecified atom stereocenters. The quantitative estimate of drug-likeness (QED) is 0.218. The molecule has 0 saturated carbocycles. The molecule has 11 heteroatoms. The van der Waals surface area contributed by atoms with Gasteiger partial charge in [-0.3, -0.25) is 4.79 Å². The van der Waals surface area contributed by atoms with Crippen LogP contribution in [-0.2, 0) is 23.1 Å². The Kier molecular flexibility index (Phi) is 9.44. The van der Waals surface area contributed by atoms with Gasteiger partial charge in [-0.25, -0.2) is 12.8 Å². The molecule has 4 aromatic carbocycles. The minimum atomic E-state index is -4.46. The number of sulfonamides is 1. The first kappa shape index (κ1) is 29.5. The molecule has 40 heavy (non-hydrogen) atoms. The monoisotopic (exact) mass is 602 g/mol. The molecular weight excluding hydrogens is 578 g/mol. The number of rotatable bonds is 10. The SMILES string of the molecule is O=C(NCCO)c1cc(Cl)cc(S(=O)(=O)N(Cc2ccc(F)cc2)Cc2cccc(-c3ccc(Cl)cc3)c2)c1O. The van der Waals surface area contributed by atoms with E-state index in [0.29, 0.717) is 16.1 Å². The number of aliphatic hydroxyl groups excluding tert-OH is 1. The van der Waals surface area contributed by atoms with E-state index in [-0.39, 0.29) is 36.8 Å². The molecule has 0 aliphatic heterocycles. The summed E-state index contributed by atoms with van der Waals surface area (Å²) in [5, 5.41) is 22.8. The van der Waals surface area contributed by atoms with Crippen LogP contribution in [0.15, 0.2) is 89.8 Å². The Morgan fingerprint density at radius 2 is 1.52 bits per heavy atom. The molecule has 0 aliphatic carbocycles. The zero-order valence-electron chi connectivity index (χ0n) is 21.0. The lowest BCUT2D eigenvalue weighted by Gasteiger charge is -2.24. The number of hydrogen-bond acceptors (Lipinski definition) is 5. The van der Waals surface area contributed by atoms with Crippen molar-refractivity contribution < 1.29 is 27.8 Å². The van der Waals surface area contributed by atoms with Gasteiger partial charge in [0, 0.05) is 29.7 Å². The van der Waals surface area contributed by atoms with E-state index in [1.807, 2.05) is 24.3 Å². The number of nitrogens with one attached hydrogen (secondary N) is 1. The third-order valence-electron chi connectivity index (χ3n) is 6.04. The summed E-state index contributed by atoms with van der Waals surface area (Å²) >= 11 is 12.2. The Morgan fingerprint density at radius 3 is 2.20 bits per heavy atom. The third-order valence-corrected chi connectivity index (χ3v) is 8.31. The van der Waals surface area contributed by atoms with Gasteiger partial charge in [0.05, 0.1) is 12.2 Å². The van der Waals surface area contributed by atoms with Crippen LogP contribution in [0.3, 0.4) is 0 Å². The lowest BCUT2D eigenvalue weighted by Crippen LogP contribution is -2.31. The zero-order chi connectivity index (χ0) is 28.9. The Labute approximate surface area is 241 Å². The van der Waals surface area contributed by atoms with E-state index in [0.717, 1.165) is 27.6 Å². The predicted octanol–water partition coefficient (Wildman–Crippen LogP) is 5.62. The van der Waals surface area contributed by atoms with Crippen molar-refractivity contribution in [3.8, 4) is 16.9 Å². The number of halogens is 3. The van der Waals surface area contributed by atoms with Gasteiger partial charge in [0.15, 0.2) is 0 Å². The highest BCUT2D eigenvalue weighted by atomic mass is 35.5. The fourth-order valence-electron chi connectivity index (χ4n) is 4.06. The molecule has 0 bridgehead atoms. The van der Waals surface area contributed by atoms with Crippen LogP contribution < -0.4 is 5.32 Å². The summed E-state index contributed by atoms with van der Waals surface area (Å²) in [4.78, 5) is 12.0. The normalized spacial score (nSPS) is 11.5. The molecule has 0 heterocycles. The fourth-order valence-corrected chi connectivity index (χ4v) is 6.02. The summed E-state index contributed by atoms with van der Waals surface area (Å²) in [6.07, 6.45) is 0. The van der Waals surface area contributed by atoms with Crippen LogP contribution >= 0.6 is 23.2 Å². The van der Waals surface area contributed by atoms with Gasteiger partial charge in [0.2, 0.25) is 10.0 Å². The first-order valence-electron chi connectivity index (χ1n) is 12.1. The summed E-state index contributed by atoms with van der Waals surface area (Å²) in [6.45, 7) is -0.725. The van der Waals surface area contributed by atoms with Crippen LogP contribution in [0.4, 0.5) is 4.39 Å². The number of benzene rings is 4. The summed E-state index contributed by atoms with van der Waals surface area (Å²) in [6, 6.07) is 22.1. The summed E-state index contributed by atoms with van der Waals surface area (Å²) in [5.41, 5.74) is 2.50. The Morgan fingerprint density at radius 1 is 0.850 bits per heavy atom. The Bertz CT molecular complexity index is 1610.